The van der Waals surface area contributed by atoms with Gasteiger partial charge in [-0.2, -0.15) is 0 Å². The number of methoxy groups -OCH3 is 1. The zero-order valence-corrected chi connectivity index (χ0v) is 20.3. The number of ether oxygens (including phenoxy) is 1. The Hall–Kier alpha value is -1.55. The zero-order chi connectivity index (χ0) is 22.2. The molecule has 0 aliphatic heterocycles. The molecule has 0 radical (unpaired) electrons. The van der Waals surface area contributed by atoms with E-state index < -0.39 is 0 Å². The van der Waals surface area contributed by atoms with E-state index in [-0.39, 0.29) is 5.91 Å². The van der Waals surface area contributed by atoms with Crippen LogP contribution in [0.4, 0.5) is 11.4 Å². The lowest BCUT2D eigenvalue weighted by Gasteiger charge is -2.43. The van der Waals surface area contributed by atoms with Crippen LogP contribution in [0.2, 0.25) is 0 Å². The van der Waals surface area contributed by atoms with E-state index in [1.165, 1.54) is 89.2 Å². The van der Waals surface area contributed by atoms with Gasteiger partial charge in [0.05, 0.1) is 13.0 Å². The Morgan fingerprint density at radius 3 is 1.62 bits per heavy atom. The SMILES string of the molecule is COCCC(=O)N(c1ccc(N(C2CCCCC2)C2CCCCC2)cc1)C1CCCCC1. The molecule has 0 aromatic heterocycles. The lowest BCUT2D eigenvalue weighted by Crippen LogP contribution is -2.45. The Bertz CT molecular complexity index is 668. The van der Waals surface area contributed by atoms with E-state index in [1.54, 1.807) is 7.11 Å². The van der Waals surface area contributed by atoms with Gasteiger partial charge in [0, 0.05) is 36.6 Å². The summed E-state index contributed by atoms with van der Waals surface area (Å²) in [6.07, 6.45) is 20.1. The molecule has 0 unspecified atom stereocenters. The molecule has 0 bridgehead atoms. The van der Waals surface area contributed by atoms with Crippen LogP contribution in [0.15, 0.2) is 24.3 Å². The number of rotatable bonds is 8. The topological polar surface area (TPSA) is 32.8 Å². The Kier molecular flexibility index (Phi) is 8.90. The van der Waals surface area contributed by atoms with Gasteiger partial charge in [-0.25, -0.2) is 0 Å². The number of amides is 1. The molecule has 0 saturated heterocycles. The molecule has 0 atom stereocenters. The molecule has 0 spiro atoms. The van der Waals surface area contributed by atoms with Gasteiger partial charge < -0.3 is 14.5 Å². The van der Waals surface area contributed by atoms with Gasteiger partial charge in [0.15, 0.2) is 0 Å². The molecule has 1 aromatic carbocycles. The molecule has 3 aliphatic rings. The summed E-state index contributed by atoms with van der Waals surface area (Å²) in [5.41, 5.74) is 2.45. The first-order valence-corrected chi connectivity index (χ1v) is 13.5. The maximum absolute atomic E-state index is 13.2. The largest absolute Gasteiger partial charge is 0.384 e. The molecule has 4 rings (SSSR count). The summed E-state index contributed by atoms with van der Waals surface area (Å²) in [7, 11) is 1.68. The standard InChI is InChI=1S/C28H44N2O2/c1-32-22-21-28(31)30(25-15-9-4-10-16-25)27-19-17-26(18-20-27)29(23-11-5-2-6-12-23)24-13-7-3-8-14-24/h17-20,23-25H,2-16,21-22H2,1H3. The van der Waals surface area contributed by atoms with Gasteiger partial charge in [-0.05, 0) is 62.8 Å². The van der Waals surface area contributed by atoms with Crippen molar-refractivity contribution >= 4 is 17.3 Å². The van der Waals surface area contributed by atoms with Crippen LogP contribution >= 0.6 is 0 Å². The third kappa shape index (κ3) is 5.87. The maximum Gasteiger partial charge on any atom is 0.229 e. The van der Waals surface area contributed by atoms with Crippen LogP contribution in [0.25, 0.3) is 0 Å². The van der Waals surface area contributed by atoms with E-state index in [0.29, 0.717) is 31.2 Å². The van der Waals surface area contributed by atoms with Crippen LogP contribution in [-0.2, 0) is 9.53 Å². The van der Waals surface area contributed by atoms with E-state index in [0.717, 1.165) is 18.5 Å². The highest BCUT2D eigenvalue weighted by Crippen LogP contribution is 2.36. The summed E-state index contributed by atoms with van der Waals surface area (Å²) in [5, 5.41) is 0. The number of nitrogens with zero attached hydrogens (tertiary/aromatic N) is 2. The summed E-state index contributed by atoms with van der Waals surface area (Å²) < 4.78 is 5.22. The van der Waals surface area contributed by atoms with Crippen molar-refractivity contribution in [1.82, 2.24) is 0 Å². The number of benzene rings is 1. The van der Waals surface area contributed by atoms with Crippen LogP contribution in [0.5, 0.6) is 0 Å². The maximum atomic E-state index is 13.2. The molecule has 3 aliphatic carbocycles. The van der Waals surface area contributed by atoms with Gasteiger partial charge in [0.2, 0.25) is 5.91 Å². The second-order valence-corrected chi connectivity index (χ2v) is 10.3. The van der Waals surface area contributed by atoms with E-state index >= 15 is 0 Å². The fourth-order valence-corrected chi connectivity index (χ4v) is 6.43. The van der Waals surface area contributed by atoms with E-state index in [1.807, 2.05) is 0 Å². The van der Waals surface area contributed by atoms with Crippen molar-refractivity contribution in [3.63, 3.8) is 0 Å². The highest BCUT2D eigenvalue weighted by atomic mass is 16.5. The van der Waals surface area contributed by atoms with Gasteiger partial charge in [-0.1, -0.05) is 57.8 Å². The monoisotopic (exact) mass is 440 g/mol. The molecule has 0 heterocycles. The van der Waals surface area contributed by atoms with Crippen LogP contribution < -0.4 is 9.80 Å². The first-order chi connectivity index (χ1) is 15.8. The van der Waals surface area contributed by atoms with Gasteiger partial charge in [-0.3, -0.25) is 4.79 Å². The van der Waals surface area contributed by atoms with Gasteiger partial charge in [-0.15, -0.1) is 0 Å². The molecule has 4 nitrogen and oxygen atoms in total. The van der Waals surface area contributed by atoms with Crippen LogP contribution in [0.1, 0.15) is 103 Å². The zero-order valence-electron chi connectivity index (χ0n) is 20.3. The minimum absolute atomic E-state index is 0.211. The van der Waals surface area contributed by atoms with Crippen molar-refractivity contribution in [2.75, 3.05) is 23.5 Å². The third-order valence-corrected chi connectivity index (χ3v) is 8.09. The van der Waals surface area contributed by atoms with Crippen LogP contribution in [0.3, 0.4) is 0 Å². The first kappa shape index (κ1) is 23.6. The van der Waals surface area contributed by atoms with Crippen molar-refractivity contribution < 1.29 is 9.53 Å². The molecule has 4 heteroatoms. The van der Waals surface area contributed by atoms with Gasteiger partial charge >= 0.3 is 0 Å². The minimum atomic E-state index is 0.211. The molecule has 1 aromatic rings. The Balaban J connectivity index is 1.56. The quantitative estimate of drug-likeness (QED) is 0.442. The number of hydrogen-bond donors (Lipinski definition) is 0. The number of carbonyl (C=O) groups excluding carboxylic acids is 1. The average molecular weight is 441 g/mol. The molecule has 0 N–H and O–H groups in total. The van der Waals surface area contributed by atoms with Crippen LogP contribution in [-0.4, -0.2) is 37.7 Å². The fraction of sp³-hybridized carbons (Fsp3) is 0.750. The van der Waals surface area contributed by atoms with E-state index in [9.17, 15) is 4.79 Å². The number of hydrogen-bond acceptors (Lipinski definition) is 3. The summed E-state index contributed by atoms with van der Waals surface area (Å²) in [6, 6.07) is 10.8. The predicted molar refractivity (Wildman–Crippen MR) is 134 cm³/mol. The van der Waals surface area contributed by atoms with Gasteiger partial charge in [0.1, 0.15) is 0 Å². The summed E-state index contributed by atoms with van der Waals surface area (Å²) >= 11 is 0. The van der Waals surface area contributed by atoms with Gasteiger partial charge in [0.25, 0.3) is 0 Å². The van der Waals surface area contributed by atoms with Crippen LogP contribution in [0, 0.1) is 0 Å². The lowest BCUT2D eigenvalue weighted by molar-refractivity contribution is -0.120. The minimum Gasteiger partial charge on any atom is -0.384 e. The Labute approximate surface area is 195 Å². The Morgan fingerprint density at radius 1 is 0.719 bits per heavy atom. The molecule has 1 amide bonds. The molecule has 3 saturated carbocycles. The second-order valence-electron chi connectivity index (χ2n) is 10.3. The summed E-state index contributed by atoms with van der Waals surface area (Å²) in [4.78, 5) is 18.0. The second kappa shape index (κ2) is 12.1. The third-order valence-electron chi connectivity index (χ3n) is 8.09. The number of carbonyl (C=O) groups is 1. The first-order valence-electron chi connectivity index (χ1n) is 13.5. The molecular formula is C28H44N2O2. The van der Waals surface area contributed by atoms with Crippen molar-refractivity contribution in [2.24, 2.45) is 0 Å². The fourth-order valence-electron chi connectivity index (χ4n) is 6.43. The molecule has 3 fully saturated rings. The highest BCUT2D eigenvalue weighted by molar-refractivity contribution is 5.94. The average Bonchev–Trinajstić information content (AvgIpc) is 2.86. The van der Waals surface area contributed by atoms with E-state index in [2.05, 4.69) is 34.1 Å². The van der Waals surface area contributed by atoms with Crippen molar-refractivity contribution in [1.29, 1.82) is 0 Å². The highest BCUT2D eigenvalue weighted by Gasteiger charge is 2.30. The van der Waals surface area contributed by atoms with Crippen molar-refractivity contribution in [3.8, 4) is 0 Å². The lowest BCUT2D eigenvalue weighted by atomic mass is 9.88. The smallest absolute Gasteiger partial charge is 0.229 e. The molecular weight excluding hydrogens is 396 g/mol. The predicted octanol–water partition coefficient (Wildman–Crippen LogP) is 6.86. The van der Waals surface area contributed by atoms with Crippen molar-refractivity contribution in [3.05, 3.63) is 24.3 Å². The normalized spacial score (nSPS) is 21.4. The molecule has 32 heavy (non-hydrogen) atoms. The summed E-state index contributed by atoms with van der Waals surface area (Å²) in [5.74, 6) is 0.211. The Morgan fingerprint density at radius 2 is 1.16 bits per heavy atom. The van der Waals surface area contributed by atoms with E-state index in [4.69, 9.17) is 4.74 Å². The summed E-state index contributed by atoms with van der Waals surface area (Å²) in [6.45, 7) is 0.497. The number of anilines is 2. The van der Waals surface area contributed by atoms with Crippen molar-refractivity contribution in [2.45, 2.75) is 121 Å². The molecule has 178 valence electrons.